The molecule has 1 saturated heterocycles. The minimum absolute atomic E-state index is 0.112. The molecule has 0 spiro atoms. The SMILES string of the molecule is O=C(Nc1cccc(Cc2ccccc2)c1)c1n[nH]c2ccc(-c3cncc(CN4CCC(F)(F)CC4)c3)cc12. The Morgan fingerprint density at radius 1 is 0.875 bits per heavy atom. The summed E-state index contributed by atoms with van der Waals surface area (Å²) in [5.41, 5.74) is 6.82. The molecule has 0 atom stereocenters. The number of benzene rings is 3. The molecule has 0 unspecified atom stereocenters. The summed E-state index contributed by atoms with van der Waals surface area (Å²) in [6.07, 6.45) is 4.10. The van der Waals surface area contributed by atoms with E-state index in [-0.39, 0.29) is 18.7 Å². The van der Waals surface area contributed by atoms with Gasteiger partial charge in [0, 0.05) is 61.5 Å². The van der Waals surface area contributed by atoms with Crippen molar-refractivity contribution in [2.24, 2.45) is 0 Å². The number of hydrogen-bond acceptors (Lipinski definition) is 4. The topological polar surface area (TPSA) is 73.9 Å². The van der Waals surface area contributed by atoms with Gasteiger partial charge in [-0.3, -0.25) is 19.8 Å². The van der Waals surface area contributed by atoms with Crippen LogP contribution in [0.5, 0.6) is 0 Å². The number of aromatic amines is 1. The van der Waals surface area contributed by atoms with Crippen LogP contribution in [0.3, 0.4) is 0 Å². The Balaban J connectivity index is 1.19. The summed E-state index contributed by atoms with van der Waals surface area (Å²) >= 11 is 0. The average Bonchev–Trinajstić information content (AvgIpc) is 3.39. The zero-order valence-electron chi connectivity index (χ0n) is 21.9. The van der Waals surface area contributed by atoms with Crippen molar-refractivity contribution in [3.63, 3.8) is 0 Å². The highest BCUT2D eigenvalue weighted by molar-refractivity contribution is 6.11. The fourth-order valence-corrected chi connectivity index (χ4v) is 5.18. The maximum Gasteiger partial charge on any atom is 0.276 e. The van der Waals surface area contributed by atoms with Crippen molar-refractivity contribution in [2.75, 3.05) is 18.4 Å². The minimum atomic E-state index is -2.56. The molecule has 1 aliphatic heterocycles. The first kappa shape index (κ1) is 25.8. The molecule has 40 heavy (non-hydrogen) atoms. The molecule has 0 aliphatic carbocycles. The zero-order chi connectivity index (χ0) is 27.5. The van der Waals surface area contributed by atoms with E-state index in [1.54, 1.807) is 12.4 Å². The van der Waals surface area contributed by atoms with Gasteiger partial charge in [0.15, 0.2) is 5.69 Å². The first-order valence-corrected chi connectivity index (χ1v) is 13.4. The van der Waals surface area contributed by atoms with Crippen LogP contribution in [0, 0.1) is 0 Å². The Hall–Kier alpha value is -4.43. The van der Waals surface area contributed by atoms with Crippen molar-refractivity contribution in [1.82, 2.24) is 20.1 Å². The highest BCUT2D eigenvalue weighted by Crippen LogP contribution is 2.30. The molecular weight excluding hydrogens is 508 g/mol. The monoisotopic (exact) mass is 537 g/mol. The number of anilines is 1. The Bertz CT molecular complexity index is 1640. The number of nitrogens with one attached hydrogen (secondary N) is 2. The maximum atomic E-state index is 13.5. The number of likely N-dealkylation sites (tertiary alicyclic amines) is 1. The zero-order valence-corrected chi connectivity index (χ0v) is 21.9. The van der Waals surface area contributed by atoms with E-state index < -0.39 is 5.92 Å². The first-order chi connectivity index (χ1) is 19.4. The fraction of sp³-hybridized carbons (Fsp3) is 0.219. The molecule has 202 valence electrons. The number of fused-ring (bicyclic) bond motifs is 1. The molecule has 2 aromatic heterocycles. The number of carbonyl (C=O) groups excluding carboxylic acids is 1. The number of aromatic nitrogens is 3. The standard InChI is InChI=1S/C32H29F2N5O/c33-32(34)11-13-39(14-12-32)21-24-16-26(20-35-19-24)25-9-10-29-28(18-25)30(38-37-29)31(40)36-27-8-4-7-23(17-27)15-22-5-2-1-3-6-22/h1-10,16-20H,11-15,21H2,(H,36,40)(H,37,38). The number of pyridine rings is 1. The van der Waals surface area contributed by atoms with Crippen molar-refractivity contribution in [3.05, 3.63) is 114 Å². The molecule has 2 N–H and O–H groups in total. The Labute approximate surface area is 231 Å². The molecule has 0 saturated carbocycles. The second-order valence-electron chi connectivity index (χ2n) is 10.4. The summed E-state index contributed by atoms with van der Waals surface area (Å²) in [5.74, 6) is -2.86. The van der Waals surface area contributed by atoms with Crippen LogP contribution in [0.4, 0.5) is 14.5 Å². The van der Waals surface area contributed by atoms with Crippen molar-refractivity contribution < 1.29 is 13.6 Å². The molecule has 3 heterocycles. The molecule has 5 aromatic rings. The second kappa shape index (κ2) is 11.0. The van der Waals surface area contributed by atoms with Gasteiger partial charge >= 0.3 is 0 Å². The van der Waals surface area contributed by atoms with Gasteiger partial charge in [0.2, 0.25) is 0 Å². The number of carbonyl (C=O) groups is 1. The summed E-state index contributed by atoms with van der Waals surface area (Å²) in [6.45, 7) is 1.31. The van der Waals surface area contributed by atoms with Gasteiger partial charge in [-0.2, -0.15) is 5.10 Å². The number of alkyl halides is 2. The fourth-order valence-electron chi connectivity index (χ4n) is 5.18. The number of piperidine rings is 1. The average molecular weight is 538 g/mol. The lowest BCUT2D eigenvalue weighted by Crippen LogP contribution is -2.38. The molecular formula is C32H29F2N5O. The molecule has 6 nitrogen and oxygen atoms in total. The van der Waals surface area contributed by atoms with Crippen molar-refractivity contribution in [3.8, 4) is 11.1 Å². The van der Waals surface area contributed by atoms with Gasteiger partial charge in [-0.25, -0.2) is 8.78 Å². The van der Waals surface area contributed by atoms with Gasteiger partial charge in [0.05, 0.1) is 5.52 Å². The third-order valence-corrected chi connectivity index (χ3v) is 7.34. The lowest BCUT2D eigenvalue weighted by Gasteiger charge is -2.31. The van der Waals surface area contributed by atoms with Crippen LogP contribution in [0.25, 0.3) is 22.0 Å². The largest absolute Gasteiger partial charge is 0.321 e. The molecule has 1 aliphatic rings. The van der Waals surface area contributed by atoms with E-state index in [1.165, 1.54) is 5.56 Å². The quantitative estimate of drug-likeness (QED) is 0.242. The van der Waals surface area contributed by atoms with Crippen molar-refractivity contribution in [1.29, 1.82) is 0 Å². The van der Waals surface area contributed by atoms with Gasteiger partial charge < -0.3 is 5.32 Å². The van der Waals surface area contributed by atoms with Crippen molar-refractivity contribution in [2.45, 2.75) is 31.7 Å². The number of nitrogens with zero attached hydrogens (tertiary/aromatic N) is 3. The first-order valence-electron chi connectivity index (χ1n) is 13.4. The molecule has 1 fully saturated rings. The van der Waals surface area contributed by atoms with Crippen LogP contribution in [-0.2, 0) is 13.0 Å². The minimum Gasteiger partial charge on any atom is -0.321 e. The van der Waals surface area contributed by atoms with Gasteiger partial charge in [-0.15, -0.1) is 0 Å². The lowest BCUT2D eigenvalue weighted by atomic mass is 10.0. The number of amides is 1. The summed E-state index contributed by atoms with van der Waals surface area (Å²) in [5, 5.41) is 11.0. The summed E-state index contributed by atoms with van der Waals surface area (Å²) in [6, 6.07) is 25.8. The van der Waals surface area contributed by atoms with Crippen LogP contribution in [-0.4, -0.2) is 45.0 Å². The molecule has 8 heteroatoms. The number of halogens is 2. The van der Waals surface area contributed by atoms with Crippen molar-refractivity contribution >= 4 is 22.5 Å². The second-order valence-corrected chi connectivity index (χ2v) is 10.4. The molecule has 3 aromatic carbocycles. The summed E-state index contributed by atoms with van der Waals surface area (Å²) in [4.78, 5) is 19.7. The van der Waals surface area contributed by atoms with E-state index in [0.717, 1.165) is 34.2 Å². The van der Waals surface area contributed by atoms with E-state index in [9.17, 15) is 13.6 Å². The molecule has 1 amide bonds. The van der Waals surface area contributed by atoms with E-state index >= 15 is 0 Å². The van der Waals surface area contributed by atoms with E-state index in [4.69, 9.17) is 0 Å². The Morgan fingerprint density at radius 3 is 2.50 bits per heavy atom. The third-order valence-electron chi connectivity index (χ3n) is 7.34. The van der Waals surface area contributed by atoms with Gasteiger partial charge in [0.25, 0.3) is 11.8 Å². The molecule has 0 radical (unpaired) electrons. The molecule has 0 bridgehead atoms. The van der Waals surface area contributed by atoms with Crippen LogP contribution in [0.2, 0.25) is 0 Å². The van der Waals surface area contributed by atoms with E-state index in [2.05, 4.69) is 32.6 Å². The normalized spacial score (nSPS) is 15.2. The van der Waals surface area contributed by atoms with Gasteiger partial charge in [-0.1, -0.05) is 48.5 Å². The number of hydrogen-bond donors (Lipinski definition) is 2. The number of H-pyrrole nitrogens is 1. The lowest BCUT2D eigenvalue weighted by molar-refractivity contribution is -0.0566. The highest BCUT2D eigenvalue weighted by Gasteiger charge is 2.33. The van der Waals surface area contributed by atoms with Gasteiger partial charge in [-0.05, 0) is 59.0 Å². The van der Waals surface area contributed by atoms with E-state index in [0.29, 0.717) is 36.4 Å². The van der Waals surface area contributed by atoms with Crippen LogP contribution >= 0.6 is 0 Å². The van der Waals surface area contributed by atoms with E-state index in [1.807, 2.05) is 71.6 Å². The third kappa shape index (κ3) is 5.92. The predicted molar refractivity (Wildman–Crippen MR) is 152 cm³/mol. The van der Waals surface area contributed by atoms with Crippen LogP contribution in [0.1, 0.15) is 40.0 Å². The van der Waals surface area contributed by atoms with Crippen LogP contribution in [0.15, 0.2) is 91.3 Å². The smallest absolute Gasteiger partial charge is 0.276 e. The summed E-state index contributed by atoms with van der Waals surface area (Å²) in [7, 11) is 0. The number of rotatable bonds is 7. The highest BCUT2D eigenvalue weighted by atomic mass is 19.3. The van der Waals surface area contributed by atoms with Gasteiger partial charge in [0.1, 0.15) is 0 Å². The molecule has 6 rings (SSSR count). The predicted octanol–water partition coefficient (Wildman–Crippen LogP) is 6.70. The Kier molecular flexibility index (Phi) is 7.09. The Morgan fingerprint density at radius 2 is 1.68 bits per heavy atom. The maximum absolute atomic E-state index is 13.5. The summed E-state index contributed by atoms with van der Waals surface area (Å²) < 4.78 is 27.1. The van der Waals surface area contributed by atoms with Crippen LogP contribution < -0.4 is 5.32 Å².